The van der Waals surface area contributed by atoms with Crippen LogP contribution in [0.25, 0.3) is 10.8 Å². The number of fused-ring (bicyclic) bond motifs is 1. The molecule has 0 aliphatic carbocycles. The summed E-state index contributed by atoms with van der Waals surface area (Å²) in [6.45, 7) is 1.49. The minimum atomic E-state index is -1.45. The summed E-state index contributed by atoms with van der Waals surface area (Å²) >= 11 is 0. The van der Waals surface area contributed by atoms with E-state index in [0.29, 0.717) is 5.56 Å². The SMILES string of the molecule is C[C@](N)(C(=O)OC(N)=O)c1cccc2ccccc12. The van der Waals surface area contributed by atoms with E-state index in [0.717, 1.165) is 10.8 Å². The highest BCUT2D eigenvalue weighted by Gasteiger charge is 2.34. The summed E-state index contributed by atoms with van der Waals surface area (Å²) in [6.07, 6.45) is -1.16. The van der Waals surface area contributed by atoms with Gasteiger partial charge in [0, 0.05) is 0 Å². The summed E-state index contributed by atoms with van der Waals surface area (Å²) in [7, 11) is 0. The number of primary amides is 1. The Hall–Kier alpha value is -2.40. The van der Waals surface area contributed by atoms with Crippen LogP contribution in [0, 0.1) is 0 Å². The molecular weight excluding hydrogens is 244 g/mol. The molecule has 98 valence electrons. The number of hydrogen-bond donors (Lipinski definition) is 2. The van der Waals surface area contributed by atoms with E-state index in [1.165, 1.54) is 6.92 Å². The molecule has 0 aliphatic rings. The molecule has 19 heavy (non-hydrogen) atoms. The summed E-state index contributed by atoms with van der Waals surface area (Å²) in [4.78, 5) is 22.5. The molecule has 0 fully saturated rings. The second kappa shape index (κ2) is 4.70. The molecule has 2 aromatic rings. The number of ether oxygens (including phenoxy) is 1. The summed E-state index contributed by atoms with van der Waals surface area (Å²) in [5.74, 6) is -0.878. The molecule has 0 saturated carbocycles. The van der Waals surface area contributed by atoms with Crippen LogP contribution >= 0.6 is 0 Å². The first kappa shape index (κ1) is 13.0. The smallest absolute Gasteiger partial charge is 0.375 e. The van der Waals surface area contributed by atoms with Gasteiger partial charge in [0.2, 0.25) is 0 Å². The lowest BCUT2D eigenvalue weighted by atomic mass is 9.89. The molecule has 0 saturated heterocycles. The molecule has 1 atom stereocenters. The lowest BCUT2D eigenvalue weighted by Gasteiger charge is -2.23. The van der Waals surface area contributed by atoms with Gasteiger partial charge in [-0.15, -0.1) is 0 Å². The number of hydrogen-bond acceptors (Lipinski definition) is 4. The predicted octanol–water partition coefficient (Wildman–Crippen LogP) is 1.64. The fraction of sp³-hybridized carbons (Fsp3) is 0.143. The first-order chi connectivity index (χ1) is 8.93. The van der Waals surface area contributed by atoms with Crippen molar-refractivity contribution in [3.8, 4) is 0 Å². The summed E-state index contributed by atoms with van der Waals surface area (Å²) in [5.41, 5.74) is 9.99. The predicted molar refractivity (Wildman–Crippen MR) is 71.2 cm³/mol. The van der Waals surface area contributed by atoms with Crippen molar-refractivity contribution in [2.24, 2.45) is 11.5 Å². The van der Waals surface area contributed by atoms with E-state index in [1.807, 2.05) is 30.3 Å². The van der Waals surface area contributed by atoms with Crippen LogP contribution in [0.4, 0.5) is 4.79 Å². The number of rotatable bonds is 2. The number of carbonyl (C=O) groups excluding carboxylic acids is 2. The number of amides is 1. The van der Waals surface area contributed by atoms with Crippen molar-refractivity contribution in [1.82, 2.24) is 0 Å². The molecule has 0 unspecified atom stereocenters. The molecule has 0 radical (unpaired) electrons. The topological polar surface area (TPSA) is 95.4 Å². The Morgan fingerprint density at radius 1 is 1.11 bits per heavy atom. The molecule has 1 amide bonds. The third-order valence-electron chi connectivity index (χ3n) is 2.97. The highest BCUT2D eigenvalue weighted by atomic mass is 16.6. The Labute approximate surface area is 110 Å². The zero-order chi connectivity index (χ0) is 14.0. The number of benzene rings is 2. The molecule has 0 aliphatic heterocycles. The molecular formula is C14H14N2O3. The quantitative estimate of drug-likeness (QED) is 0.632. The molecule has 0 heterocycles. The van der Waals surface area contributed by atoms with E-state index in [9.17, 15) is 9.59 Å². The summed E-state index contributed by atoms with van der Waals surface area (Å²) in [6, 6.07) is 12.9. The van der Waals surface area contributed by atoms with E-state index in [-0.39, 0.29) is 0 Å². The van der Waals surface area contributed by atoms with Crippen molar-refractivity contribution in [2.75, 3.05) is 0 Å². The average Bonchev–Trinajstić information content (AvgIpc) is 2.37. The van der Waals surface area contributed by atoms with Gasteiger partial charge in [-0.1, -0.05) is 42.5 Å². The van der Waals surface area contributed by atoms with Gasteiger partial charge < -0.3 is 16.2 Å². The van der Waals surface area contributed by atoms with Crippen molar-refractivity contribution >= 4 is 22.8 Å². The first-order valence-corrected chi connectivity index (χ1v) is 5.72. The lowest BCUT2D eigenvalue weighted by Crippen LogP contribution is -2.44. The van der Waals surface area contributed by atoms with Gasteiger partial charge in [0.25, 0.3) is 0 Å². The van der Waals surface area contributed by atoms with Crippen LogP contribution in [0.1, 0.15) is 12.5 Å². The van der Waals surface area contributed by atoms with Crippen LogP contribution in [0.2, 0.25) is 0 Å². The lowest BCUT2D eigenvalue weighted by molar-refractivity contribution is -0.142. The third kappa shape index (κ3) is 2.41. The average molecular weight is 258 g/mol. The van der Waals surface area contributed by atoms with Crippen LogP contribution in [0.3, 0.4) is 0 Å². The van der Waals surface area contributed by atoms with E-state index in [2.05, 4.69) is 4.74 Å². The van der Waals surface area contributed by atoms with Crippen LogP contribution in [-0.4, -0.2) is 12.1 Å². The van der Waals surface area contributed by atoms with Crippen LogP contribution < -0.4 is 11.5 Å². The van der Waals surface area contributed by atoms with Gasteiger partial charge >= 0.3 is 12.1 Å². The normalized spacial score (nSPS) is 13.8. The standard InChI is InChI=1S/C14H14N2O3/c1-14(16,12(17)19-13(15)18)11-8-4-6-9-5-2-3-7-10(9)11/h2-8H,16H2,1H3,(H2,15,18)/t14-/m1/s1. The van der Waals surface area contributed by atoms with Crippen molar-refractivity contribution in [3.05, 3.63) is 48.0 Å². The minimum Gasteiger partial charge on any atom is -0.375 e. The summed E-state index contributed by atoms with van der Waals surface area (Å²) in [5, 5.41) is 1.78. The van der Waals surface area contributed by atoms with Crippen LogP contribution in [0.15, 0.2) is 42.5 Å². The maximum absolute atomic E-state index is 11.9. The van der Waals surface area contributed by atoms with Crippen molar-refractivity contribution in [2.45, 2.75) is 12.5 Å². The highest BCUT2D eigenvalue weighted by Crippen LogP contribution is 2.27. The maximum Gasteiger partial charge on any atom is 0.412 e. The zero-order valence-corrected chi connectivity index (χ0v) is 10.4. The zero-order valence-electron chi connectivity index (χ0n) is 10.4. The second-order valence-electron chi connectivity index (χ2n) is 4.44. The van der Waals surface area contributed by atoms with Gasteiger partial charge in [-0.25, -0.2) is 9.59 Å². The first-order valence-electron chi connectivity index (χ1n) is 5.72. The van der Waals surface area contributed by atoms with E-state index in [1.54, 1.807) is 12.1 Å². The van der Waals surface area contributed by atoms with E-state index < -0.39 is 17.6 Å². The molecule has 2 aromatic carbocycles. The highest BCUT2D eigenvalue weighted by molar-refractivity contribution is 5.96. The maximum atomic E-state index is 11.9. The van der Waals surface area contributed by atoms with Gasteiger partial charge in [-0.2, -0.15) is 0 Å². The van der Waals surface area contributed by atoms with Gasteiger partial charge in [0.05, 0.1) is 0 Å². The van der Waals surface area contributed by atoms with E-state index >= 15 is 0 Å². The van der Waals surface area contributed by atoms with Crippen molar-refractivity contribution < 1.29 is 14.3 Å². The van der Waals surface area contributed by atoms with Gasteiger partial charge in [-0.3, -0.25) is 0 Å². The third-order valence-corrected chi connectivity index (χ3v) is 2.97. The Morgan fingerprint density at radius 3 is 2.42 bits per heavy atom. The van der Waals surface area contributed by atoms with E-state index in [4.69, 9.17) is 11.5 Å². The molecule has 0 bridgehead atoms. The second-order valence-corrected chi connectivity index (χ2v) is 4.44. The fourth-order valence-corrected chi connectivity index (χ4v) is 1.99. The molecule has 5 heteroatoms. The number of nitrogens with two attached hydrogens (primary N) is 2. The molecule has 0 spiro atoms. The molecule has 5 nitrogen and oxygen atoms in total. The molecule has 0 aromatic heterocycles. The minimum absolute atomic E-state index is 0.580. The monoisotopic (exact) mass is 258 g/mol. The fourth-order valence-electron chi connectivity index (χ4n) is 1.99. The Bertz CT molecular complexity index is 645. The Kier molecular flexibility index (Phi) is 3.23. The van der Waals surface area contributed by atoms with Crippen LogP contribution in [-0.2, 0) is 15.1 Å². The summed E-state index contributed by atoms with van der Waals surface area (Å²) < 4.78 is 4.39. The Morgan fingerprint density at radius 2 is 1.74 bits per heavy atom. The van der Waals surface area contributed by atoms with Gasteiger partial charge in [0.1, 0.15) is 5.54 Å². The van der Waals surface area contributed by atoms with Crippen LogP contribution in [0.5, 0.6) is 0 Å². The van der Waals surface area contributed by atoms with Gasteiger partial charge in [-0.05, 0) is 23.3 Å². The largest absolute Gasteiger partial charge is 0.412 e. The van der Waals surface area contributed by atoms with Crippen molar-refractivity contribution in [1.29, 1.82) is 0 Å². The molecule has 4 N–H and O–H groups in total. The Balaban J connectivity index is 2.54. The van der Waals surface area contributed by atoms with Crippen molar-refractivity contribution in [3.63, 3.8) is 0 Å². The number of esters is 1. The van der Waals surface area contributed by atoms with Gasteiger partial charge in [0.15, 0.2) is 0 Å². The molecule has 2 rings (SSSR count). The number of carbonyl (C=O) groups is 2.